The molecule has 4 aromatic carbocycles. The lowest BCUT2D eigenvalue weighted by Crippen LogP contribution is -2.29. The summed E-state index contributed by atoms with van der Waals surface area (Å²) < 4.78 is 12.5. The quantitative estimate of drug-likeness (QED) is 0.200. The van der Waals surface area contributed by atoms with E-state index in [-0.39, 0.29) is 12.3 Å². The highest BCUT2D eigenvalue weighted by molar-refractivity contribution is 9.10. The second-order valence-corrected chi connectivity index (χ2v) is 9.79. The van der Waals surface area contributed by atoms with Gasteiger partial charge in [0.15, 0.2) is 6.10 Å². The van der Waals surface area contributed by atoms with Crippen LogP contribution in [0.2, 0.25) is 0 Å². The van der Waals surface area contributed by atoms with Gasteiger partial charge in [-0.15, -0.1) is 0 Å². The zero-order chi connectivity index (χ0) is 26.6. The Balaban J connectivity index is 1.32. The van der Waals surface area contributed by atoms with Gasteiger partial charge in [-0.05, 0) is 56.0 Å². The average Bonchev–Trinajstić information content (AvgIpc) is 3.32. The Labute approximate surface area is 228 Å². The Morgan fingerprint density at radius 1 is 0.947 bits per heavy atom. The summed E-state index contributed by atoms with van der Waals surface area (Å²) in [7, 11) is 0. The van der Waals surface area contributed by atoms with E-state index in [1.807, 2.05) is 85.8 Å². The van der Waals surface area contributed by atoms with Crippen molar-refractivity contribution in [2.24, 2.45) is 0 Å². The van der Waals surface area contributed by atoms with Crippen molar-refractivity contribution >= 4 is 49.5 Å². The van der Waals surface area contributed by atoms with E-state index in [1.54, 1.807) is 6.07 Å². The maximum absolute atomic E-state index is 13.1. The van der Waals surface area contributed by atoms with Crippen molar-refractivity contribution in [3.8, 4) is 5.75 Å². The Hall–Kier alpha value is -4.10. The van der Waals surface area contributed by atoms with Crippen LogP contribution in [0.4, 0.5) is 0 Å². The Kier molecular flexibility index (Phi) is 7.47. The summed E-state index contributed by atoms with van der Waals surface area (Å²) in [4.78, 5) is 25.0. The van der Waals surface area contributed by atoms with Crippen LogP contribution < -0.4 is 10.1 Å². The predicted molar refractivity (Wildman–Crippen MR) is 151 cm³/mol. The molecule has 0 aliphatic carbocycles. The van der Waals surface area contributed by atoms with E-state index < -0.39 is 12.1 Å². The molecule has 0 radical (unpaired) electrons. The zero-order valence-electron chi connectivity index (χ0n) is 20.7. The lowest BCUT2D eigenvalue weighted by molar-refractivity contribution is -0.145. The van der Waals surface area contributed by atoms with Crippen LogP contribution in [0.3, 0.4) is 0 Å². The first kappa shape index (κ1) is 25.5. The molecule has 5 aromatic rings. The van der Waals surface area contributed by atoms with Crippen LogP contribution in [0.5, 0.6) is 5.75 Å². The van der Waals surface area contributed by atoms with Crippen molar-refractivity contribution < 1.29 is 23.8 Å². The van der Waals surface area contributed by atoms with Gasteiger partial charge in [0.05, 0.1) is 10.0 Å². The lowest BCUT2D eigenvalue weighted by atomic mass is 10.1. The number of hydrogen-bond acceptors (Lipinski definition) is 4. The van der Waals surface area contributed by atoms with Gasteiger partial charge in [-0.1, -0.05) is 73.7 Å². The van der Waals surface area contributed by atoms with E-state index >= 15 is 0 Å². The van der Waals surface area contributed by atoms with Crippen LogP contribution in [-0.4, -0.2) is 23.1 Å². The number of aryl methyl sites for hydroxylation is 1. The molecule has 1 aromatic heterocycles. The Morgan fingerprint density at radius 2 is 1.71 bits per heavy atom. The number of carbonyl (C=O) groups excluding carboxylic acids is 1. The van der Waals surface area contributed by atoms with Gasteiger partial charge in [0.2, 0.25) is 0 Å². The highest BCUT2D eigenvalue weighted by atomic mass is 79.9. The van der Waals surface area contributed by atoms with Crippen molar-refractivity contribution in [1.29, 1.82) is 0 Å². The van der Waals surface area contributed by atoms with E-state index in [9.17, 15) is 14.7 Å². The molecule has 0 saturated carbocycles. The maximum atomic E-state index is 13.1. The standard InChI is InChI=1S/C31H26BrNO5/c1-2-24-28(23-10-6-7-11-25(23)37-24)30(34)33-18-20-12-14-22-21(16-20)13-15-26(29(22)32)38-27(31(35)36)17-19-8-4-3-5-9-19/h3-16,27H,2,17-18H2,1H3,(H,33,34)(H,35,36). The fraction of sp³-hybridized carbons (Fsp3) is 0.161. The molecule has 0 spiro atoms. The largest absolute Gasteiger partial charge is 0.478 e. The zero-order valence-corrected chi connectivity index (χ0v) is 22.3. The summed E-state index contributed by atoms with van der Waals surface area (Å²) >= 11 is 3.60. The van der Waals surface area contributed by atoms with Crippen LogP contribution in [0.1, 0.15) is 34.2 Å². The Bertz CT molecular complexity index is 1630. The summed E-state index contributed by atoms with van der Waals surface area (Å²) in [6, 6.07) is 26.5. The molecular formula is C31H26BrNO5. The first-order valence-corrected chi connectivity index (χ1v) is 13.2. The molecule has 1 amide bonds. The molecule has 38 heavy (non-hydrogen) atoms. The summed E-state index contributed by atoms with van der Waals surface area (Å²) in [6.45, 7) is 2.32. The number of rotatable bonds is 9. The number of benzene rings is 4. The van der Waals surface area contributed by atoms with Gasteiger partial charge in [-0.25, -0.2) is 4.79 Å². The second kappa shape index (κ2) is 11.1. The highest BCUT2D eigenvalue weighted by Gasteiger charge is 2.22. The third-order valence-electron chi connectivity index (χ3n) is 6.46. The van der Waals surface area contributed by atoms with Gasteiger partial charge in [0, 0.05) is 24.8 Å². The number of furan rings is 1. The summed E-state index contributed by atoms with van der Waals surface area (Å²) in [5, 5.41) is 15.4. The molecule has 5 rings (SSSR count). The number of nitrogens with one attached hydrogen (secondary N) is 1. The molecule has 0 aliphatic heterocycles. The third-order valence-corrected chi connectivity index (χ3v) is 7.28. The molecule has 1 unspecified atom stereocenters. The first-order chi connectivity index (χ1) is 18.4. The predicted octanol–water partition coefficient (Wildman–Crippen LogP) is 6.92. The molecule has 192 valence electrons. The van der Waals surface area contributed by atoms with Gasteiger partial charge in [0.1, 0.15) is 17.1 Å². The van der Waals surface area contributed by atoms with Crippen LogP contribution in [0, 0.1) is 0 Å². The van der Waals surface area contributed by atoms with E-state index in [0.717, 1.165) is 27.3 Å². The molecule has 0 fully saturated rings. The molecule has 0 saturated heterocycles. The van der Waals surface area contributed by atoms with Gasteiger partial charge in [-0.2, -0.15) is 0 Å². The molecular weight excluding hydrogens is 546 g/mol. The fourth-order valence-electron chi connectivity index (χ4n) is 4.55. The average molecular weight is 572 g/mol. The van der Waals surface area contributed by atoms with Crippen molar-refractivity contribution in [3.63, 3.8) is 0 Å². The Morgan fingerprint density at radius 3 is 2.47 bits per heavy atom. The van der Waals surface area contributed by atoms with E-state index in [1.165, 1.54) is 0 Å². The number of ether oxygens (including phenoxy) is 1. The lowest BCUT2D eigenvalue weighted by Gasteiger charge is -2.17. The number of carbonyl (C=O) groups is 2. The first-order valence-electron chi connectivity index (χ1n) is 12.4. The normalized spacial score (nSPS) is 11.9. The summed E-state index contributed by atoms with van der Waals surface area (Å²) in [5.41, 5.74) is 3.11. The van der Waals surface area contributed by atoms with Gasteiger partial charge in [0.25, 0.3) is 5.91 Å². The van der Waals surface area contributed by atoms with E-state index in [4.69, 9.17) is 9.15 Å². The minimum atomic E-state index is -1.02. The van der Waals surface area contributed by atoms with Crippen molar-refractivity contribution in [3.05, 3.63) is 112 Å². The third kappa shape index (κ3) is 5.29. The van der Waals surface area contributed by atoms with Crippen molar-refractivity contribution in [2.75, 3.05) is 0 Å². The minimum Gasteiger partial charge on any atom is -0.478 e. The highest BCUT2D eigenvalue weighted by Crippen LogP contribution is 2.35. The van der Waals surface area contributed by atoms with Crippen molar-refractivity contribution in [2.45, 2.75) is 32.4 Å². The smallest absolute Gasteiger partial charge is 0.345 e. The van der Waals surface area contributed by atoms with Crippen molar-refractivity contribution in [1.82, 2.24) is 5.32 Å². The molecule has 1 heterocycles. The van der Waals surface area contributed by atoms with Crippen LogP contribution in [0.25, 0.3) is 21.7 Å². The monoisotopic (exact) mass is 571 g/mol. The van der Waals surface area contributed by atoms with Crippen LogP contribution >= 0.6 is 15.9 Å². The molecule has 0 bridgehead atoms. The van der Waals surface area contributed by atoms with Gasteiger partial charge < -0.3 is 19.6 Å². The van der Waals surface area contributed by atoms with Crippen LogP contribution in [-0.2, 0) is 24.2 Å². The number of halogens is 1. The molecule has 1 atom stereocenters. The summed E-state index contributed by atoms with van der Waals surface area (Å²) in [5.74, 6) is -0.0649. The van der Waals surface area contributed by atoms with Gasteiger partial charge in [-0.3, -0.25) is 4.79 Å². The van der Waals surface area contributed by atoms with Crippen LogP contribution in [0.15, 0.2) is 93.8 Å². The number of fused-ring (bicyclic) bond motifs is 2. The molecule has 2 N–H and O–H groups in total. The number of hydrogen-bond donors (Lipinski definition) is 2. The number of carboxylic acids is 1. The fourth-order valence-corrected chi connectivity index (χ4v) is 5.13. The second-order valence-electron chi connectivity index (χ2n) is 9.00. The molecule has 0 aliphatic rings. The topological polar surface area (TPSA) is 88.8 Å². The van der Waals surface area contributed by atoms with E-state index in [0.29, 0.717) is 40.1 Å². The van der Waals surface area contributed by atoms with E-state index in [2.05, 4.69) is 21.2 Å². The SMILES string of the molecule is CCc1oc2ccccc2c1C(=O)NCc1ccc2c(Br)c(OC(Cc3ccccc3)C(=O)O)ccc2c1. The number of carboxylic acid groups (broad SMARTS) is 1. The number of aliphatic carboxylic acids is 1. The number of para-hydroxylation sites is 1. The molecule has 6 nitrogen and oxygen atoms in total. The maximum Gasteiger partial charge on any atom is 0.345 e. The minimum absolute atomic E-state index is 0.171. The summed E-state index contributed by atoms with van der Waals surface area (Å²) in [6.07, 6.45) is -0.141. The van der Waals surface area contributed by atoms with Gasteiger partial charge >= 0.3 is 5.97 Å². The number of amides is 1. The molecule has 7 heteroatoms.